The van der Waals surface area contributed by atoms with Gasteiger partial charge in [-0.05, 0) is 14.0 Å². The molecule has 1 atom stereocenters. The molecule has 0 bridgehead atoms. The Labute approximate surface area is 84.9 Å². The average molecular weight is 194 g/mol. The fourth-order valence-corrected chi connectivity index (χ4v) is 1.77. The lowest BCUT2D eigenvalue weighted by Gasteiger charge is -2.39. The van der Waals surface area contributed by atoms with Gasteiger partial charge in [-0.3, -0.25) is 9.58 Å². The van der Waals surface area contributed by atoms with Gasteiger partial charge in [0.05, 0.1) is 6.20 Å². The Morgan fingerprint density at radius 1 is 1.64 bits per heavy atom. The molecule has 4 heteroatoms. The predicted molar refractivity (Wildman–Crippen MR) is 56.0 cm³/mol. The summed E-state index contributed by atoms with van der Waals surface area (Å²) in [4.78, 5) is 2.41. The second-order valence-corrected chi connectivity index (χ2v) is 4.10. The molecule has 0 spiro atoms. The minimum absolute atomic E-state index is 0.454. The Balaban J connectivity index is 2.03. The largest absolute Gasteiger partial charge is 0.314 e. The smallest absolute Gasteiger partial charge is 0.0537 e. The van der Waals surface area contributed by atoms with Crippen molar-refractivity contribution in [3.8, 4) is 0 Å². The van der Waals surface area contributed by atoms with E-state index in [0.29, 0.717) is 12.1 Å². The number of hydrogen-bond acceptors (Lipinski definition) is 3. The van der Waals surface area contributed by atoms with Crippen LogP contribution in [0, 0.1) is 0 Å². The summed E-state index contributed by atoms with van der Waals surface area (Å²) in [5.41, 5.74) is 1.29. The van der Waals surface area contributed by atoms with Gasteiger partial charge in [-0.25, -0.2) is 0 Å². The van der Waals surface area contributed by atoms with Gasteiger partial charge in [0.2, 0.25) is 0 Å². The highest BCUT2D eigenvalue weighted by atomic mass is 15.3. The van der Waals surface area contributed by atoms with Crippen LogP contribution in [0.15, 0.2) is 12.4 Å². The molecule has 14 heavy (non-hydrogen) atoms. The van der Waals surface area contributed by atoms with Crippen molar-refractivity contribution in [2.75, 3.05) is 20.1 Å². The predicted octanol–water partition coefficient (Wildman–Crippen LogP) is 0.385. The highest BCUT2D eigenvalue weighted by Crippen LogP contribution is 2.21. The number of likely N-dealkylation sites (N-methyl/N-ethyl adjacent to an activating group) is 1. The zero-order valence-corrected chi connectivity index (χ0v) is 9.07. The molecule has 0 saturated carbocycles. The minimum Gasteiger partial charge on any atom is -0.314 e. The number of nitrogens with one attached hydrogen (secondary N) is 1. The van der Waals surface area contributed by atoms with Gasteiger partial charge >= 0.3 is 0 Å². The lowest BCUT2D eigenvalue weighted by atomic mass is 10.1. The quantitative estimate of drug-likeness (QED) is 0.755. The molecule has 1 saturated heterocycles. The van der Waals surface area contributed by atoms with Gasteiger partial charge in [0, 0.05) is 44.0 Å². The van der Waals surface area contributed by atoms with Crippen LogP contribution >= 0.6 is 0 Å². The van der Waals surface area contributed by atoms with Crippen LogP contribution in [0.4, 0.5) is 0 Å². The molecule has 0 aliphatic carbocycles. The van der Waals surface area contributed by atoms with Crippen LogP contribution < -0.4 is 5.32 Å². The molecule has 0 radical (unpaired) electrons. The van der Waals surface area contributed by atoms with Crippen LogP contribution in [0.25, 0.3) is 0 Å². The maximum absolute atomic E-state index is 4.20. The van der Waals surface area contributed by atoms with E-state index in [1.807, 2.05) is 17.9 Å². The molecule has 2 heterocycles. The maximum Gasteiger partial charge on any atom is 0.0537 e. The highest BCUT2D eigenvalue weighted by molar-refractivity contribution is 5.10. The van der Waals surface area contributed by atoms with E-state index in [1.54, 1.807) is 0 Å². The normalized spacial score (nSPS) is 19.7. The van der Waals surface area contributed by atoms with Crippen molar-refractivity contribution in [2.24, 2.45) is 7.05 Å². The van der Waals surface area contributed by atoms with Gasteiger partial charge < -0.3 is 5.32 Å². The molecule has 1 aromatic heterocycles. The lowest BCUT2D eigenvalue weighted by molar-refractivity contribution is 0.136. The van der Waals surface area contributed by atoms with Crippen LogP contribution in [-0.4, -0.2) is 40.9 Å². The molecule has 78 valence electrons. The molecule has 1 fully saturated rings. The number of aromatic nitrogens is 2. The summed E-state index contributed by atoms with van der Waals surface area (Å²) in [6, 6.07) is 1.14. The summed E-state index contributed by atoms with van der Waals surface area (Å²) in [5, 5.41) is 7.49. The van der Waals surface area contributed by atoms with Crippen molar-refractivity contribution >= 4 is 0 Å². The second-order valence-electron chi connectivity index (χ2n) is 4.10. The third-order valence-corrected chi connectivity index (χ3v) is 3.15. The lowest BCUT2D eigenvalue weighted by Crippen LogP contribution is -2.56. The van der Waals surface area contributed by atoms with Crippen LogP contribution in [0.2, 0.25) is 0 Å². The molecule has 2 rings (SSSR count). The van der Waals surface area contributed by atoms with Crippen LogP contribution in [-0.2, 0) is 7.05 Å². The Kier molecular flexibility index (Phi) is 2.56. The van der Waals surface area contributed by atoms with Crippen molar-refractivity contribution in [1.82, 2.24) is 20.0 Å². The Hall–Kier alpha value is -0.870. The highest BCUT2D eigenvalue weighted by Gasteiger charge is 2.26. The van der Waals surface area contributed by atoms with Gasteiger partial charge in [0.15, 0.2) is 0 Å². The topological polar surface area (TPSA) is 33.1 Å². The van der Waals surface area contributed by atoms with Crippen LogP contribution in [0.5, 0.6) is 0 Å². The van der Waals surface area contributed by atoms with Gasteiger partial charge in [-0.15, -0.1) is 0 Å². The fraction of sp³-hybridized carbons (Fsp3) is 0.700. The van der Waals surface area contributed by atoms with Crippen molar-refractivity contribution in [2.45, 2.75) is 19.0 Å². The molecule has 0 amide bonds. The monoisotopic (exact) mass is 194 g/mol. The molecule has 1 aliphatic heterocycles. The summed E-state index contributed by atoms with van der Waals surface area (Å²) in [6.07, 6.45) is 4.04. The molecular weight excluding hydrogens is 176 g/mol. The van der Waals surface area contributed by atoms with Gasteiger partial charge in [0.1, 0.15) is 0 Å². The minimum atomic E-state index is 0.454. The van der Waals surface area contributed by atoms with E-state index in [2.05, 4.69) is 35.5 Å². The van der Waals surface area contributed by atoms with E-state index in [0.717, 1.165) is 13.1 Å². The molecule has 1 aromatic rings. The van der Waals surface area contributed by atoms with Crippen molar-refractivity contribution in [3.63, 3.8) is 0 Å². The zero-order chi connectivity index (χ0) is 10.1. The van der Waals surface area contributed by atoms with Crippen LogP contribution in [0.3, 0.4) is 0 Å². The SMILES string of the molecule is CC(c1cnn(C)c1)N(C)C1CNC1. The third-order valence-electron chi connectivity index (χ3n) is 3.15. The molecule has 1 unspecified atom stereocenters. The van der Waals surface area contributed by atoms with E-state index in [-0.39, 0.29) is 0 Å². The number of nitrogens with zero attached hydrogens (tertiary/aromatic N) is 3. The Morgan fingerprint density at radius 3 is 2.79 bits per heavy atom. The first-order chi connectivity index (χ1) is 6.68. The first-order valence-electron chi connectivity index (χ1n) is 5.09. The standard InChI is InChI=1S/C10H18N4/c1-8(9-4-12-13(2)7-9)14(3)10-5-11-6-10/h4,7-8,10-11H,5-6H2,1-3H3. The van der Waals surface area contributed by atoms with E-state index < -0.39 is 0 Å². The first kappa shape index (κ1) is 9.68. The summed E-state index contributed by atoms with van der Waals surface area (Å²) >= 11 is 0. The van der Waals surface area contributed by atoms with Gasteiger partial charge in [0.25, 0.3) is 0 Å². The molecule has 0 aromatic carbocycles. The third kappa shape index (κ3) is 1.67. The summed E-state index contributed by atoms with van der Waals surface area (Å²) < 4.78 is 1.86. The van der Waals surface area contributed by atoms with Crippen molar-refractivity contribution in [3.05, 3.63) is 18.0 Å². The second kappa shape index (κ2) is 3.71. The van der Waals surface area contributed by atoms with E-state index in [9.17, 15) is 0 Å². The van der Waals surface area contributed by atoms with Crippen molar-refractivity contribution < 1.29 is 0 Å². The van der Waals surface area contributed by atoms with Crippen molar-refractivity contribution in [1.29, 1.82) is 0 Å². The number of hydrogen-bond donors (Lipinski definition) is 1. The number of rotatable bonds is 3. The zero-order valence-electron chi connectivity index (χ0n) is 9.07. The summed E-state index contributed by atoms with van der Waals surface area (Å²) in [6.45, 7) is 4.46. The molecule has 1 N–H and O–H groups in total. The maximum atomic E-state index is 4.20. The fourth-order valence-electron chi connectivity index (χ4n) is 1.77. The Bertz CT molecular complexity index is 303. The molecule has 1 aliphatic rings. The molecule has 4 nitrogen and oxygen atoms in total. The van der Waals surface area contributed by atoms with E-state index in [1.165, 1.54) is 5.56 Å². The average Bonchev–Trinajstić information content (AvgIpc) is 2.47. The van der Waals surface area contributed by atoms with Crippen LogP contribution in [0.1, 0.15) is 18.5 Å². The summed E-state index contributed by atoms with van der Waals surface area (Å²) in [5.74, 6) is 0. The van der Waals surface area contributed by atoms with Gasteiger partial charge in [-0.2, -0.15) is 5.10 Å². The van der Waals surface area contributed by atoms with Gasteiger partial charge in [-0.1, -0.05) is 0 Å². The first-order valence-corrected chi connectivity index (χ1v) is 5.09. The van der Waals surface area contributed by atoms with E-state index in [4.69, 9.17) is 0 Å². The number of aryl methyl sites for hydroxylation is 1. The molecular formula is C10H18N4. The summed E-state index contributed by atoms with van der Waals surface area (Å²) in [7, 11) is 4.14. The van der Waals surface area contributed by atoms with E-state index >= 15 is 0 Å². The Morgan fingerprint density at radius 2 is 2.36 bits per heavy atom.